The Morgan fingerprint density at radius 1 is 1.30 bits per heavy atom. The van der Waals surface area contributed by atoms with Crippen LogP contribution in [0.5, 0.6) is 0 Å². The highest BCUT2D eigenvalue weighted by Gasteiger charge is 2.24. The van der Waals surface area contributed by atoms with Crippen molar-refractivity contribution in [3.8, 4) is 12.3 Å². The van der Waals surface area contributed by atoms with Gasteiger partial charge in [0.2, 0.25) is 0 Å². The van der Waals surface area contributed by atoms with Crippen molar-refractivity contribution in [1.29, 1.82) is 0 Å². The first-order chi connectivity index (χ1) is 9.05. The molecule has 0 aromatic heterocycles. The first-order valence-corrected chi connectivity index (χ1v) is 6.71. The highest BCUT2D eigenvalue weighted by atomic mass is 35.5. The number of benzene rings is 1. The summed E-state index contributed by atoms with van der Waals surface area (Å²) in [5.41, 5.74) is 0.276. The molecule has 0 aliphatic heterocycles. The van der Waals surface area contributed by atoms with Crippen LogP contribution in [0.2, 0.25) is 5.02 Å². The second kappa shape index (κ2) is 5.76. The summed E-state index contributed by atoms with van der Waals surface area (Å²) in [5.74, 6) is 2.70. The molecule has 0 bridgehead atoms. The number of carbonyl (C=O) groups is 1. The molecule has 0 aliphatic rings. The van der Waals surface area contributed by atoms with Crippen LogP contribution in [0.15, 0.2) is 18.2 Å². The van der Waals surface area contributed by atoms with Gasteiger partial charge in [-0.1, -0.05) is 17.5 Å². The predicted octanol–water partition coefficient (Wildman–Crippen LogP) is 4.60. The van der Waals surface area contributed by atoms with Crippen LogP contribution in [0, 0.1) is 12.3 Å². The number of amides is 1. The summed E-state index contributed by atoms with van der Waals surface area (Å²) < 4.78 is 5.24. The van der Waals surface area contributed by atoms with Gasteiger partial charge in [0.15, 0.2) is 0 Å². The number of nitrogens with one attached hydrogen (secondary N) is 1. The summed E-state index contributed by atoms with van der Waals surface area (Å²) in [7, 11) is 0. The Morgan fingerprint density at radius 3 is 2.40 bits per heavy atom. The van der Waals surface area contributed by atoms with Gasteiger partial charge in [0.1, 0.15) is 5.60 Å². The summed E-state index contributed by atoms with van der Waals surface area (Å²) in [4.78, 5) is 11.9. The van der Waals surface area contributed by atoms with Gasteiger partial charge in [-0.25, -0.2) is 4.79 Å². The van der Waals surface area contributed by atoms with Gasteiger partial charge in [-0.15, -0.1) is 6.42 Å². The van der Waals surface area contributed by atoms with Crippen molar-refractivity contribution < 1.29 is 9.53 Å². The lowest BCUT2D eigenvalue weighted by Gasteiger charge is -2.24. The second-order valence-corrected chi connectivity index (χ2v) is 6.52. The number of carbonyl (C=O) groups excluding carboxylic acids is 1. The zero-order valence-electron chi connectivity index (χ0n) is 12.5. The maximum absolute atomic E-state index is 11.9. The molecular formula is C16H20ClNO2. The van der Waals surface area contributed by atoms with E-state index < -0.39 is 17.1 Å². The number of rotatable bonds is 2. The third-order valence-corrected chi connectivity index (χ3v) is 2.89. The largest absolute Gasteiger partial charge is 0.444 e. The van der Waals surface area contributed by atoms with Gasteiger partial charge >= 0.3 is 6.09 Å². The Kier molecular flexibility index (Phi) is 4.73. The highest BCUT2D eigenvalue weighted by Crippen LogP contribution is 2.32. The standard InChI is InChI=1S/C16H20ClNO2/c1-7-16(5,6)12-10-11(17)8-9-13(12)18-14(19)20-15(2,3)4/h1,8-10H,2-6H3,(H,18,19). The van der Waals surface area contributed by atoms with Crippen LogP contribution in [-0.4, -0.2) is 11.7 Å². The van der Waals surface area contributed by atoms with Gasteiger partial charge in [-0.3, -0.25) is 5.32 Å². The third kappa shape index (κ3) is 4.47. The van der Waals surface area contributed by atoms with E-state index in [1.807, 2.05) is 13.8 Å². The number of hydrogen-bond donors (Lipinski definition) is 1. The zero-order chi connectivity index (χ0) is 15.6. The van der Waals surface area contributed by atoms with Crippen molar-refractivity contribution in [2.24, 2.45) is 0 Å². The molecule has 0 fully saturated rings. The molecule has 3 nitrogen and oxygen atoms in total. The third-order valence-electron chi connectivity index (χ3n) is 2.65. The topological polar surface area (TPSA) is 38.3 Å². The predicted molar refractivity (Wildman–Crippen MR) is 83.2 cm³/mol. The number of terminal acetylenes is 1. The Balaban J connectivity index is 3.08. The minimum atomic E-state index is -0.557. The smallest absolute Gasteiger partial charge is 0.412 e. The first-order valence-electron chi connectivity index (χ1n) is 6.33. The lowest BCUT2D eigenvalue weighted by Crippen LogP contribution is -2.28. The van der Waals surface area contributed by atoms with Gasteiger partial charge in [-0.05, 0) is 58.4 Å². The van der Waals surface area contributed by atoms with Crippen LogP contribution in [0.1, 0.15) is 40.2 Å². The average Bonchev–Trinajstić information content (AvgIpc) is 2.29. The molecule has 0 aliphatic carbocycles. The monoisotopic (exact) mass is 293 g/mol. The minimum Gasteiger partial charge on any atom is -0.444 e. The zero-order valence-corrected chi connectivity index (χ0v) is 13.3. The fourth-order valence-corrected chi connectivity index (χ4v) is 1.81. The molecule has 0 atom stereocenters. The number of hydrogen-bond acceptors (Lipinski definition) is 2. The molecule has 0 heterocycles. The maximum Gasteiger partial charge on any atom is 0.412 e. The van der Waals surface area contributed by atoms with E-state index in [2.05, 4.69) is 11.2 Å². The Hall–Kier alpha value is -1.66. The molecule has 1 amide bonds. The molecule has 108 valence electrons. The van der Waals surface area contributed by atoms with E-state index in [1.165, 1.54) is 0 Å². The lowest BCUT2D eigenvalue weighted by molar-refractivity contribution is 0.0636. The molecule has 0 radical (unpaired) electrons. The number of anilines is 1. The van der Waals surface area contributed by atoms with Crippen LogP contribution in [0.3, 0.4) is 0 Å². The Bertz CT molecular complexity index is 551. The van der Waals surface area contributed by atoms with Crippen LogP contribution >= 0.6 is 11.6 Å². The van der Waals surface area contributed by atoms with Crippen molar-refractivity contribution in [2.45, 2.75) is 45.6 Å². The molecule has 20 heavy (non-hydrogen) atoms. The summed E-state index contributed by atoms with van der Waals surface area (Å²) in [6, 6.07) is 5.18. The van der Waals surface area contributed by atoms with E-state index in [9.17, 15) is 4.79 Å². The van der Waals surface area contributed by atoms with Crippen LogP contribution in [0.25, 0.3) is 0 Å². The fraction of sp³-hybridized carbons (Fsp3) is 0.438. The Morgan fingerprint density at radius 2 is 1.90 bits per heavy atom. The van der Waals surface area contributed by atoms with Crippen molar-refractivity contribution in [2.75, 3.05) is 5.32 Å². The number of halogens is 1. The molecule has 0 saturated carbocycles. The molecule has 1 aromatic rings. The summed E-state index contributed by atoms with van der Waals surface area (Å²) >= 11 is 6.01. The van der Waals surface area contributed by atoms with Gasteiger partial charge < -0.3 is 4.74 Å². The van der Waals surface area contributed by atoms with Gasteiger partial charge in [-0.2, -0.15) is 0 Å². The molecule has 1 aromatic carbocycles. The van der Waals surface area contributed by atoms with Gasteiger partial charge in [0, 0.05) is 10.7 Å². The van der Waals surface area contributed by atoms with Gasteiger partial charge in [0.25, 0.3) is 0 Å². The molecule has 0 spiro atoms. The molecular weight excluding hydrogens is 274 g/mol. The first kappa shape index (κ1) is 16.4. The van der Waals surface area contributed by atoms with E-state index in [0.29, 0.717) is 10.7 Å². The summed E-state index contributed by atoms with van der Waals surface area (Å²) in [6.07, 6.45) is 5.03. The van der Waals surface area contributed by atoms with Gasteiger partial charge in [0.05, 0.1) is 5.41 Å². The molecule has 4 heteroatoms. The fourth-order valence-electron chi connectivity index (χ4n) is 1.63. The van der Waals surface area contributed by atoms with Crippen LogP contribution < -0.4 is 5.32 Å². The quantitative estimate of drug-likeness (QED) is 0.809. The molecule has 0 saturated heterocycles. The molecule has 0 unspecified atom stereocenters. The van der Waals surface area contributed by atoms with Crippen LogP contribution in [-0.2, 0) is 10.2 Å². The minimum absolute atomic E-state index is 0.520. The van der Waals surface area contributed by atoms with E-state index in [0.717, 1.165) is 5.56 Å². The van der Waals surface area contributed by atoms with Crippen molar-refractivity contribution in [3.05, 3.63) is 28.8 Å². The van der Waals surface area contributed by atoms with E-state index >= 15 is 0 Å². The van der Waals surface area contributed by atoms with Crippen molar-refractivity contribution in [3.63, 3.8) is 0 Å². The highest BCUT2D eigenvalue weighted by molar-refractivity contribution is 6.30. The molecule has 1 rings (SSSR count). The normalized spacial score (nSPS) is 11.7. The SMILES string of the molecule is C#CC(C)(C)c1cc(Cl)ccc1NC(=O)OC(C)(C)C. The average molecular weight is 294 g/mol. The van der Waals surface area contributed by atoms with E-state index in [-0.39, 0.29) is 0 Å². The lowest BCUT2D eigenvalue weighted by atomic mass is 9.84. The van der Waals surface area contributed by atoms with E-state index in [1.54, 1.807) is 39.0 Å². The van der Waals surface area contributed by atoms with E-state index in [4.69, 9.17) is 22.8 Å². The van der Waals surface area contributed by atoms with Crippen LogP contribution in [0.4, 0.5) is 10.5 Å². The molecule has 1 N–H and O–H groups in total. The number of ether oxygens (including phenoxy) is 1. The second-order valence-electron chi connectivity index (χ2n) is 6.09. The summed E-state index contributed by atoms with van der Waals surface area (Å²) in [6.45, 7) is 9.19. The van der Waals surface area contributed by atoms with Crippen molar-refractivity contribution >= 4 is 23.4 Å². The summed E-state index contributed by atoms with van der Waals surface area (Å²) in [5, 5.41) is 3.29. The van der Waals surface area contributed by atoms with Crippen molar-refractivity contribution in [1.82, 2.24) is 0 Å². The Labute approximate surface area is 125 Å². The maximum atomic E-state index is 11.9.